The first kappa shape index (κ1) is 19.7. The van der Waals surface area contributed by atoms with Gasteiger partial charge in [-0.15, -0.1) is 0 Å². The summed E-state index contributed by atoms with van der Waals surface area (Å²) in [5.41, 5.74) is 0. The maximum Gasteiger partial charge on any atom is 0.0101 e. The summed E-state index contributed by atoms with van der Waals surface area (Å²) in [5, 5.41) is 4.21. The Hall–Kier alpha value is -0.0400. The fourth-order valence-electron chi connectivity index (χ4n) is 6.13. The van der Waals surface area contributed by atoms with Gasteiger partial charge in [0, 0.05) is 12.1 Å². The molecule has 1 heteroatoms. The molecule has 1 nitrogen and oxygen atoms in total. The van der Waals surface area contributed by atoms with Crippen LogP contribution < -0.4 is 5.32 Å². The molecule has 0 saturated heterocycles. The van der Waals surface area contributed by atoms with Gasteiger partial charge in [0.25, 0.3) is 0 Å². The zero-order chi connectivity index (χ0) is 17.2. The molecule has 0 aromatic rings. The fraction of sp³-hybridized carbons (Fsp3) is 1.00. The quantitative estimate of drug-likeness (QED) is 0.561. The summed E-state index contributed by atoms with van der Waals surface area (Å²) >= 11 is 0. The third-order valence-corrected chi connectivity index (χ3v) is 7.63. The van der Waals surface area contributed by atoms with Crippen molar-refractivity contribution in [2.75, 3.05) is 0 Å². The number of hydrogen-bond donors (Lipinski definition) is 1. The second-order valence-corrected chi connectivity index (χ2v) is 9.58. The topological polar surface area (TPSA) is 12.0 Å². The molecule has 25 heavy (non-hydrogen) atoms. The SMILES string of the molecule is C1CCCCCC(C2CCCC2NC2CCCCCCC2)CCCC1. The van der Waals surface area contributed by atoms with E-state index in [0.29, 0.717) is 0 Å². The van der Waals surface area contributed by atoms with Crippen LogP contribution >= 0.6 is 0 Å². The van der Waals surface area contributed by atoms with Crippen molar-refractivity contribution in [3.63, 3.8) is 0 Å². The normalized spacial score (nSPS) is 32.6. The molecule has 0 aromatic carbocycles. The summed E-state index contributed by atoms with van der Waals surface area (Å²) in [6, 6.07) is 1.70. The zero-order valence-corrected chi connectivity index (χ0v) is 17.0. The van der Waals surface area contributed by atoms with Gasteiger partial charge in [-0.25, -0.2) is 0 Å². The highest BCUT2D eigenvalue weighted by Gasteiger charge is 2.34. The number of nitrogens with one attached hydrogen (secondary N) is 1. The van der Waals surface area contributed by atoms with E-state index in [1.165, 1.54) is 128 Å². The monoisotopic (exact) mass is 347 g/mol. The molecule has 3 saturated carbocycles. The molecule has 0 spiro atoms. The van der Waals surface area contributed by atoms with Crippen molar-refractivity contribution in [3.8, 4) is 0 Å². The Bertz CT molecular complexity index is 319. The maximum atomic E-state index is 4.21. The lowest BCUT2D eigenvalue weighted by Crippen LogP contribution is -2.42. The van der Waals surface area contributed by atoms with Crippen molar-refractivity contribution < 1.29 is 0 Å². The lowest BCUT2D eigenvalue weighted by atomic mass is 9.80. The second kappa shape index (κ2) is 11.6. The summed E-state index contributed by atoms with van der Waals surface area (Å²) in [7, 11) is 0. The minimum Gasteiger partial charge on any atom is -0.311 e. The Morgan fingerprint density at radius 3 is 1.44 bits per heavy atom. The molecule has 1 N–H and O–H groups in total. The van der Waals surface area contributed by atoms with Crippen LogP contribution in [0.25, 0.3) is 0 Å². The van der Waals surface area contributed by atoms with Crippen LogP contribution in [0.4, 0.5) is 0 Å². The first-order chi connectivity index (χ1) is 12.4. The van der Waals surface area contributed by atoms with E-state index in [1.807, 2.05) is 0 Å². The highest BCUT2D eigenvalue weighted by molar-refractivity contribution is 4.90. The van der Waals surface area contributed by atoms with E-state index in [9.17, 15) is 0 Å². The third-order valence-electron chi connectivity index (χ3n) is 7.63. The van der Waals surface area contributed by atoms with Crippen molar-refractivity contribution in [1.29, 1.82) is 0 Å². The lowest BCUT2D eigenvalue weighted by Gasteiger charge is -2.33. The lowest BCUT2D eigenvalue weighted by molar-refractivity contribution is 0.219. The maximum absolute atomic E-state index is 4.21. The Morgan fingerprint density at radius 2 is 0.880 bits per heavy atom. The van der Waals surface area contributed by atoms with E-state index in [0.717, 1.165) is 23.9 Å². The molecule has 2 atom stereocenters. The molecule has 3 aliphatic carbocycles. The van der Waals surface area contributed by atoms with Crippen molar-refractivity contribution in [2.45, 2.75) is 141 Å². The average Bonchev–Trinajstić information content (AvgIpc) is 3.02. The molecule has 0 heterocycles. The van der Waals surface area contributed by atoms with Gasteiger partial charge in [0.05, 0.1) is 0 Å². The Labute approximate surface area is 158 Å². The molecular formula is C24H45N. The van der Waals surface area contributed by atoms with Crippen molar-refractivity contribution in [3.05, 3.63) is 0 Å². The van der Waals surface area contributed by atoms with Crippen LogP contribution in [-0.4, -0.2) is 12.1 Å². The average molecular weight is 348 g/mol. The number of rotatable bonds is 3. The second-order valence-electron chi connectivity index (χ2n) is 9.58. The van der Waals surface area contributed by atoms with Gasteiger partial charge in [0.15, 0.2) is 0 Å². The largest absolute Gasteiger partial charge is 0.311 e. The molecule has 0 amide bonds. The van der Waals surface area contributed by atoms with E-state index >= 15 is 0 Å². The van der Waals surface area contributed by atoms with Gasteiger partial charge in [0.2, 0.25) is 0 Å². The van der Waals surface area contributed by atoms with Crippen molar-refractivity contribution >= 4 is 0 Å². The van der Waals surface area contributed by atoms with E-state index in [1.54, 1.807) is 0 Å². The molecular weight excluding hydrogens is 302 g/mol. The van der Waals surface area contributed by atoms with Crippen LogP contribution in [0.1, 0.15) is 128 Å². The van der Waals surface area contributed by atoms with Crippen LogP contribution in [-0.2, 0) is 0 Å². The van der Waals surface area contributed by atoms with E-state index in [4.69, 9.17) is 0 Å². The Morgan fingerprint density at radius 1 is 0.400 bits per heavy atom. The molecule has 3 fully saturated rings. The minimum atomic E-state index is 0.841. The van der Waals surface area contributed by atoms with Crippen LogP contribution in [0.5, 0.6) is 0 Å². The molecule has 2 unspecified atom stereocenters. The van der Waals surface area contributed by atoms with Gasteiger partial charge in [-0.3, -0.25) is 0 Å². The minimum absolute atomic E-state index is 0.841. The van der Waals surface area contributed by atoms with Crippen LogP contribution in [0.3, 0.4) is 0 Å². The predicted octanol–water partition coefficient (Wildman–Crippen LogP) is 7.39. The molecule has 0 radical (unpaired) electrons. The van der Waals surface area contributed by atoms with Crippen molar-refractivity contribution in [1.82, 2.24) is 5.32 Å². The molecule has 0 aromatic heterocycles. The van der Waals surface area contributed by atoms with Gasteiger partial charge in [-0.1, -0.05) is 103 Å². The molecule has 0 bridgehead atoms. The van der Waals surface area contributed by atoms with E-state index in [-0.39, 0.29) is 0 Å². The summed E-state index contributed by atoms with van der Waals surface area (Å²) in [4.78, 5) is 0. The highest BCUT2D eigenvalue weighted by atomic mass is 15.0. The summed E-state index contributed by atoms with van der Waals surface area (Å²) in [6.07, 6.45) is 29.9. The van der Waals surface area contributed by atoms with Crippen LogP contribution in [0.15, 0.2) is 0 Å². The van der Waals surface area contributed by atoms with Crippen LogP contribution in [0, 0.1) is 11.8 Å². The first-order valence-corrected chi connectivity index (χ1v) is 12.2. The summed E-state index contributed by atoms with van der Waals surface area (Å²) < 4.78 is 0. The van der Waals surface area contributed by atoms with Gasteiger partial charge >= 0.3 is 0 Å². The Kier molecular flexibility index (Phi) is 9.17. The van der Waals surface area contributed by atoms with E-state index < -0.39 is 0 Å². The van der Waals surface area contributed by atoms with Crippen molar-refractivity contribution in [2.24, 2.45) is 11.8 Å². The highest BCUT2D eigenvalue weighted by Crippen LogP contribution is 2.38. The van der Waals surface area contributed by atoms with Gasteiger partial charge in [-0.05, 0) is 37.5 Å². The van der Waals surface area contributed by atoms with Gasteiger partial charge in [-0.2, -0.15) is 0 Å². The zero-order valence-electron chi connectivity index (χ0n) is 17.0. The molecule has 146 valence electrons. The molecule has 0 aliphatic heterocycles. The smallest absolute Gasteiger partial charge is 0.0101 e. The molecule has 3 rings (SSSR count). The number of hydrogen-bond acceptors (Lipinski definition) is 1. The first-order valence-electron chi connectivity index (χ1n) is 12.2. The molecule has 3 aliphatic rings. The Balaban J connectivity index is 1.52. The van der Waals surface area contributed by atoms with Gasteiger partial charge in [0.1, 0.15) is 0 Å². The summed E-state index contributed by atoms with van der Waals surface area (Å²) in [5.74, 6) is 2.04. The van der Waals surface area contributed by atoms with Crippen LogP contribution in [0.2, 0.25) is 0 Å². The standard InChI is InChI=1S/C24H45N/c1-2-4-7-11-16-21(15-10-6-3-1)23-19-14-20-24(23)25-22-17-12-8-5-9-13-18-22/h21-25H,1-20H2. The van der Waals surface area contributed by atoms with E-state index in [2.05, 4.69) is 5.32 Å². The third kappa shape index (κ3) is 6.89. The fourth-order valence-corrected chi connectivity index (χ4v) is 6.13. The van der Waals surface area contributed by atoms with Gasteiger partial charge < -0.3 is 5.32 Å². The predicted molar refractivity (Wildman–Crippen MR) is 110 cm³/mol. The summed E-state index contributed by atoms with van der Waals surface area (Å²) in [6.45, 7) is 0.